The zero-order valence-corrected chi connectivity index (χ0v) is 11.4. The summed E-state index contributed by atoms with van der Waals surface area (Å²) in [6.07, 6.45) is 3.97. The van der Waals surface area contributed by atoms with Gasteiger partial charge in [-0.2, -0.15) is 0 Å². The van der Waals surface area contributed by atoms with E-state index in [0.717, 1.165) is 5.16 Å². The van der Waals surface area contributed by atoms with Gasteiger partial charge in [-0.1, -0.05) is 36.0 Å². The van der Waals surface area contributed by atoms with Crippen molar-refractivity contribution < 1.29 is 4.92 Å². The van der Waals surface area contributed by atoms with Crippen LogP contribution >= 0.6 is 11.8 Å². The largest absolute Gasteiger partial charge is 0.305 e. The summed E-state index contributed by atoms with van der Waals surface area (Å²) < 4.78 is 1.76. The maximum absolute atomic E-state index is 10.8. The molecule has 0 radical (unpaired) electrons. The van der Waals surface area contributed by atoms with Crippen molar-refractivity contribution in [2.75, 3.05) is 5.43 Å². The Labute approximate surface area is 118 Å². The van der Waals surface area contributed by atoms with E-state index >= 15 is 0 Å². The summed E-state index contributed by atoms with van der Waals surface area (Å²) in [6, 6.07) is 6.36. The Kier molecular flexibility index (Phi) is 3.15. The Balaban J connectivity index is 1.98. The van der Waals surface area contributed by atoms with Gasteiger partial charge in [0.2, 0.25) is 5.16 Å². The first-order valence-corrected chi connectivity index (χ1v) is 6.83. The van der Waals surface area contributed by atoms with Gasteiger partial charge in [0.25, 0.3) is 5.69 Å². The maximum atomic E-state index is 10.8. The molecule has 0 spiro atoms. The van der Waals surface area contributed by atoms with Gasteiger partial charge in [-0.15, -0.1) is 10.2 Å². The number of nitrogens with one attached hydrogen (secondary N) is 1. The molecule has 1 aromatic heterocycles. The van der Waals surface area contributed by atoms with Crippen LogP contribution in [0.15, 0.2) is 41.6 Å². The molecule has 0 amide bonds. The summed E-state index contributed by atoms with van der Waals surface area (Å²) in [5, 5.41) is 19.8. The first kappa shape index (κ1) is 12.7. The normalized spacial score (nSPS) is 17.1. The van der Waals surface area contributed by atoms with E-state index in [1.54, 1.807) is 28.6 Å². The Bertz CT molecular complexity index is 697. The van der Waals surface area contributed by atoms with Crippen molar-refractivity contribution >= 4 is 17.4 Å². The number of nitro groups is 1. The summed E-state index contributed by atoms with van der Waals surface area (Å²) >= 11 is 1.54. The molecule has 0 bridgehead atoms. The van der Waals surface area contributed by atoms with Crippen molar-refractivity contribution in [3.8, 4) is 11.4 Å². The minimum atomic E-state index is -0.421. The third-order valence-corrected chi connectivity index (χ3v) is 3.80. The minimum absolute atomic E-state index is 0.0375. The molecule has 3 rings (SSSR count). The molecule has 102 valence electrons. The van der Waals surface area contributed by atoms with Crippen molar-refractivity contribution in [1.29, 1.82) is 0 Å². The van der Waals surface area contributed by atoms with Gasteiger partial charge < -0.3 is 5.43 Å². The molecule has 7 nitrogen and oxygen atoms in total. The van der Waals surface area contributed by atoms with Gasteiger partial charge in [0, 0.05) is 17.7 Å². The Morgan fingerprint density at radius 1 is 1.50 bits per heavy atom. The van der Waals surface area contributed by atoms with Crippen LogP contribution in [0.5, 0.6) is 0 Å². The number of allylic oxidation sites excluding steroid dienone is 1. The molecule has 1 atom stereocenters. The molecule has 0 aliphatic carbocycles. The standard InChI is InChI=1S/C12H11N5O2S/c1-2-4-10-15-16-11(13-14-12(16)20-10)8-5-3-6-9(7-8)17(18)19/h2-7,10,15H,1H3. The van der Waals surface area contributed by atoms with Crippen molar-refractivity contribution in [2.45, 2.75) is 17.5 Å². The number of non-ortho nitro benzene ring substituents is 1. The summed E-state index contributed by atoms with van der Waals surface area (Å²) in [5.74, 6) is 0.572. The van der Waals surface area contributed by atoms with Gasteiger partial charge in [0.1, 0.15) is 5.37 Å². The average Bonchev–Trinajstić information content (AvgIpc) is 2.99. The first-order chi connectivity index (χ1) is 9.69. The van der Waals surface area contributed by atoms with Crippen molar-refractivity contribution in [1.82, 2.24) is 14.9 Å². The molecule has 0 saturated heterocycles. The van der Waals surface area contributed by atoms with Crippen molar-refractivity contribution in [2.24, 2.45) is 0 Å². The average molecular weight is 289 g/mol. The van der Waals surface area contributed by atoms with Crippen LogP contribution in [0.1, 0.15) is 6.92 Å². The molecule has 1 aromatic carbocycles. The number of thioether (sulfide) groups is 1. The smallest absolute Gasteiger partial charge is 0.270 e. The highest BCUT2D eigenvalue weighted by molar-refractivity contribution is 8.00. The van der Waals surface area contributed by atoms with Gasteiger partial charge in [-0.05, 0) is 6.92 Å². The predicted molar refractivity (Wildman–Crippen MR) is 75.9 cm³/mol. The number of benzene rings is 1. The number of rotatable bonds is 3. The SMILES string of the molecule is CC=CC1Nn2c(nnc2-c2cccc([N+](=O)[O-])c2)S1. The lowest BCUT2D eigenvalue weighted by atomic mass is 10.2. The molecule has 8 heteroatoms. The maximum Gasteiger partial charge on any atom is 0.270 e. The van der Waals surface area contributed by atoms with E-state index in [2.05, 4.69) is 15.6 Å². The molecule has 0 saturated carbocycles. The number of hydrogen-bond acceptors (Lipinski definition) is 6. The Morgan fingerprint density at radius 2 is 2.35 bits per heavy atom. The van der Waals surface area contributed by atoms with Gasteiger partial charge in [0.05, 0.1) is 4.92 Å². The molecule has 1 aliphatic heterocycles. The summed E-state index contributed by atoms with van der Waals surface area (Å²) in [6.45, 7) is 1.95. The molecule has 2 heterocycles. The molecule has 1 aliphatic rings. The topological polar surface area (TPSA) is 85.9 Å². The second-order valence-electron chi connectivity index (χ2n) is 4.14. The van der Waals surface area contributed by atoms with E-state index in [-0.39, 0.29) is 11.1 Å². The van der Waals surface area contributed by atoms with E-state index in [9.17, 15) is 10.1 Å². The van der Waals surface area contributed by atoms with Crippen LogP contribution in [0, 0.1) is 10.1 Å². The van der Waals surface area contributed by atoms with Crippen LogP contribution in [0.25, 0.3) is 11.4 Å². The van der Waals surface area contributed by atoms with Gasteiger partial charge in [0.15, 0.2) is 5.82 Å². The van der Waals surface area contributed by atoms with Crippen LogP contribution in [0.3, 0.4) is 0 Å². The fraction of sp³-hybridized carbons (Fsp3) is 0.167. The number of hydrogen-bond donors (Lipinski definition) is 1. The highest BCUT2D eigenvalue weighted by atomic mass is 32.2. The highest BCUT2D eigenvalue weighted by Gasteiger charge is 2.25. The quantitative estimate of drug-likeness (QED) is 0.530. The first-order valence-electron chi connectivity index (χ1n) is 5.95. The zero-order chi connectivity index (χ0) is 14.1. The van der Waals surface area contributed by atoms with Gasteiger partial charge >= 0.3 is 0 Å². The number of nitro benzene ring substituents is 1. The van der Waals surface area contributed by atoms with Gasteiger partial charge in [-0.3, -0.25) is 10.1 Å². The lowest BCUT2D eigenvalue weighted by Crippen LogP contribution is -2.17. The van der Waals surface area contributed by atoms with Crippen LogP contribution < -0.4 is 5.43 Å². The van der Waals surface area contributed by atoms with Crippen molar-refractivity contribution in [3.63, 3.8) is 0 Å². The molecular formula is C12H11N5O2S. The lowest BCUT2D eigenvalue weighted by Gasteiger charge is -2.07. The lowest BCUT2D eigenvalue weighted by molar-refractivity contribution is -0.384. The molecule has 20 heavy (non-hydrogen) atoms. The monoisotopic (exact) mass is 289 g/mol. The van der Waals surface area contributed by atoms with Crippen LogP contribution in [0.4, 0.5) is 5.69 Å². The van der Waals surface area contributed by atoms with Crippen molar-refractivity contribution in [3.05, 3.63) is 46.5 Å². The zero-order valence-electron chi connectivity index (χ0n) is 10.6. The van der Waals surface area contributed by atoms with Gasteiger partial charge in [-0.25, -0.2) is 4.68 Å². The Hall–Kier alpha value is -2.35. The molecule has 1 unspecified atom stereocenters. The second kappa shape index (κ2) is 4.97. The molecule has 1 N–H and O–H groups in total. The Morgan fingerprint density at radius 3 is 3.10 bits per heavy atom. The predicted octanol–water partition coefficient (Wildman–Crippen LogP) is 2.40. The summed E-state index contributed by atoms with van der Waals surface area (Å²) in [4.78, 5) is 10.4. The molecule has 2 aromatic rings. The van der Waals surface area contributed by atoms with Crippen LogP contribution in [-0.4, -0.2) is 25.2 Å². The third-order valence-electron chi connectivity index (χ3n) is 2.80. The second-order valence-corrected chi connectivity index (χ2v) is 5.25. The highest BCUT2D eigenvalue weighted by Crippen LogP contribution is 2.32. The summed E-state index contributed by atoms with van der Waals surface area (Å²) in [5.41, 5.74) is 3.93. The third kappa shape index (κ3) is 2.14. The van der Waals surface area contributed by atoms with E-state index in [0.29, 0.717) is 11.4 Å². The van der Waals surface area contributed by atoms with E-state index in [1.807, 2.05) is 19.1 Å². The van der Waals surface area contributed by atoms with E-state index in [1.165, 1.54) is 12.1 Å². The number of nitrogens with zero attached hydrogens (tertiary/aromatic N) is 4. The van der Waals surface area contributed by atoms with Crippen LogP contribution in [-0.2, 0) is 0 Å². The fourth-order valence-electron chi connectivity index (χ4n) is 1.93. The van der Waals surface area contributed by atoms with E-state index < -0.39 is 4.92 Å². The molecule has 0 fully saturated rings. The van der Waals surface area contributed by atoms with E-state index in [4.69, 9.17) is 0 Å². The number of fused-ring (bicyclic) bond motifs is 1. The number of aromatic nitrogens is 3. The molecular weight excluding hydrogens is 278 g/mol. The summed E-state index contributed by atoms with van der Waals surface area (Å²) in [7, 11) is 0. The minimum Gasteiger partial charge on any atom is -0.305 e. The van der Waals surface area contributed by atoms with Crippen LogP contribution in [0.2, 0.25) is 0 Å². The fourth-order valence-corrected chi connectivity index (χ4v) is 2.89.